The van der Waals surface area contributed by atoms with Gasteiger partial charge in [0, 0.05) is 0 Å². The summed E-state index contributed by atoms with van der Waals surface area (Å²) in [6.07, 6.45) is 2.91. The molecule has 0 saturated heterocycles. The fourth-order valence-electron chi connectivity index (χ4n) is 2.04. The van der Waals surface area contributed by atoms with Crippen molar-refractivity contribution < 1.29 is 0 Å². The van der Waals surface area contributed by atoms with E-state index in [4.69, 9.17) is 5.73 Å². The van der Waals surface area contributed by atoms with Gasteiger partial charge in [-0.25, -0.2) is 4.68 Å². The van der Waals surface area contributed by atoms with Crippen LogP contribution >= 0.6 is 0 Å². The highest BCUT2D eigenvalue weighted by Gasteiger charge is 2.14. The topological polar surface area (TPSA) is 67.6 Å². The van der Waals surface area contributed by atoms with Crippen molar-refractivity contribution in [2.24, 2.45) is 0 Å². The zero-order chi connectivity index (χ0) is 13.7. The summed E-state index contributed by atoms with van der Waals surface area (Å²) in [5.74, 6) is 0.470. The van der Waals surface area contributed by atoms with Crippen LogP contribution in [0.1, 0.15) is 36.6 Å². The molecule has 0 bridgehead atoms. The highest BCUT2D eigenvalue weighted by atomic mass is 15.3. The number of aryl methyl sites for hydroxylation is 1. The van der Waals surface area contributed by atoms with E-state index in [-0.39, 0.29) is 0 Å². The smallest absolute Gasteiger partial charge is 0.140 e. The molecule has 1 aromatic carbocycles. The number of anilines is 1. The Labute approximate surface area is 113 Å². The van der Waals surface area contributed by atoms with E-state index in [9.17, 15) is 5.26 Å². The molecule has 0 aliphatic rings. The average Bonchev–Trinajstić information content (AvgIpc) is 2.73. The van der Waals surface area contributed by atoms with Crippen LogP contribution in [0.15, 0.2) is 30.3 Å². The van der Waals surface area contributed by atoms with Crippen LogP contribution in [-0.2, 0) is 13.0 Å². The van der Waals surface area contributed by atoms with Gasteiger partial charge in [-0.3, -0.25) is 0 Å². The second-order valence-electron chi connectivity index (χ2n) is 4.57. The molecule has 0 saturated carbocycles. The monoisotopic (exact) mass is 254 g/mol. The molecule has 0 unspecified atom stereocenters. The summed E-state index contributed by atoms with van der Waals surface area (Å²) in [7, 11) is 0. The van der Waals surface area contributed by atoms with Crippen molar-refractivity contribution in [2.75, 3.05) is 5.73 Å². The first kappa shape index (κ1) is 13.2. The Kier molecular flexibility index (Phi) is 4.19. The van der Waals surface area contributed by atoms with Gasteiger partial charge in [0.2, 0.25) is 0 Å². The predicted molar refractivity (Wildman–Crippen MR) is 75.5 cm³/mol. The number of nitrogens with two attached hydrogens (primary N) is 1. The van der Waals surface area contributed by atoms with Crippen LogP contribution in [0, 0.1) is 11.3 Å². The highest BCUT2D eigenvalue weighted by Crippen LogP contribution is 2.19. The Balaban J connectivity index is 2.26. The lowest BCUT2D eigenvalue weighted by molar-refractivity contribution is 0.668. The molecule has 0 atom stereocenters. The molecule has 0 amide bonds. The van der Waals surface area contributed by atoms with E-state index in [2.05, 4.69) is 18.1 Å². The van der Waals surface area contributed by atoms with E-state index >= 15 is 0 Å². The van der Waals surface area contributed by atoms with Gasteiger partial charge in [0.15, 0.2) is 0 Å². The Morgan fingerprint density at radius 2 is 2.05 bits per heavy atom. The van der Waals surface area contributed by atoms with Crippen LogP contribution < -0.4 is 5.73 Å². The minimum Gasteiger partial charge on any atom is -0.383 e. The Bertz CT molecular complexity index is 578. The molecule has 2 rings (SSSR count). The van der Waals surface area contributed by atoms with Gasteiger partial charge >= 0.3 is 0 Å². The number of hydrogen-bond acceptors (Lipinski definition) is 3. The summed E-state index contributed by atoms with van der Waals surface area (Å²) >= 11 is 0. The molecule has 0 fully saturated rings. The molecular formula is C15H18N4. The number of unbranched alkanes of at least 4 members (excludes halogenated alkanes) is 1. The van der Waals surface area contributed by atoms with Gasteiger partial charge < -0.3 is 5.73 Å². The van der Waals surface area contributed by atoms with E-state index in [1.54, 1.807) is 4.68 Å². The van der Waals surface area contributed by atoms with Gasteiger partial charge in [-0.05, 0) is 18.4 Å². The summed E-state index contributed by atoms with van der Waals surface area (Å²) in [4.78, 5) is 0. The van der Waals surface area contributed by atoms with Crippen molar-refractivity contribution in [1.82, 2.24) is 9.78 Å². The van der Waals surface area contributed by atoms with E-state index in [1.165, 1.54) is 0 Å². The van der Waals surface area contributed by atoms with Crippen molar-refractivity contribution in [1.29, 1.82) is 5.26 Å². The second kappa shape index (κ2) is 6.05. The summed E-state index contributed by atoms with van der Waals surface area (Å²) in [5, 5.41) is 13.7. The summed E-state index contributed by atoms with van der Waals surface area (Å²) in [5.41, 5.74) is 8.49. The number of benzene rings is 1. The maximum atomic E-state index is 9.19. The minimum absolute atomic E-state index is 0.470. The molecule has 4 nitrogen and oxygen atoms in total. The third kappa shape index (κ3) is 2.94. The maximum absolute atomic E-state index is 9.19. The van der Waals surface area contributed by atoms with Gasteiger partial charge in [0.05, 0.1) is 12.2 Å². The SMILES string of the molecule is CCCCc1nn(Cc2ccccc2)c(N)c1C#N. The van der Waals surface area contributed by atoms with Crippen LogP contribution in [0.5, 0.6) is 0 Å². The van der Waals surface area contributed by atoms with E-state index in [0.29, 0.717) is 17.9 Å². The minimum atomic E-state index is 0.470. The molecule has 2 aromatic rings. The largest absolute Gasteiger partial charge is 0.383 e. The molecule has 4 heteroatoms. The van der Waals surface area contributed by atoms with Crippen LogP contribution in [0.4, 0.5) is 5.82 Å². The number of nitrogen functional groups attached to an aromatic ring is 1. The maximum Gasteiger partial charge on any atom is 0.140 e. The average molecular weight is 254 g/mol. The van der Waals surface area contributed by atoms with Gasteiger partial charge in [-0.2, -0.15) is 10.4 Å². The van der Waals surface area contributed by atoms with E-state index < -0.39 is 0 Å². The summed E-state index contributed by atoms with van der Waals surface area (Å²) < 4.78 is 1.72. The zero-order valence-corrected chi connectivity index (χ0v) is 11.1. The van der Waals surface area contributed by atoms with Gasteiger partial charge in [-0.15, -0.1) is 0 Å². The van der Waals surface area contributed by atoms with Crippen LogP contribution in [0.2, 0.25) is 0 Å². The van der Waals surface area contributed by atoms with Crippen LogP contribution in [0.3, 0.4) is 0 Å². The molecule has 0 spiro atoms. The van der Waals surface area contributed by atoms with Crippen molar-refractivity contribution in [3.05, 3.63) is 47.2 Å². The van der Waals surface area contributed by atoms with E-state index in [1.807, 2.05) is 30.3 Å². The quantitative estimate of drug-likeness (QED) is 0.892. The summed E-state index contributed by atoms with van der Waals surface area (Å²) in [6.45, 7) is 2.73. The fraction of sp³-hybridized carbons (Fsp3) is 0.333. The molecule has 1 heterocycles. The fourth-order valence-corrected chi connectivity index (χ4v) is 2.04. The Morgan fingerprint density at radius 1 is 1.32 bits per heavy atom. The molecule has 2 N–H and O–H groups in total. The zero-order valence-electron chi connectivity index (χ0n) is 11.1. The van der Waals surface area contributed by atoms with Crippen molar-refractivity contribution in [3.63, 3.8) is 0 Å². The Morgan fingerprint density at radius 3 is 2.68 bits per heavy atom. The number of hydrogen-bond donors (Lipinski definition) is 1. The lowest BCUT2D eigenvalue weighted by Crippen LogP contribution is -2.06. The molecular weight excluding hydrogens is 236 g/mol. The Hall–Kier alpha value is -2.28. The van der Waals surface area contributed by atoms with Gasteiger partial charge in [-0.1, -0.05) is 43.7 Å². The van der Waals surface area contributed by atoms with Crippen molar-refractivity contribution in [2.45, 2.75) is 32.7 Å². The summed E-state index contributed by atoms with van der Waals surface area (Å²) in [6, 6.07) is 12.2. The standard InChI is InChI=1S/C15H18N4/c1-2-3-9-14-13(10-16)15(17)19(18-14)11-12-7-5-4-6-8-12/h4-8H,2-3,9,11,17H2,1H3. The first-order valence-electron chi connectivity index (χ1n) is 6.55. The van der Waals surface area contributed by atoms with Crippen LogP contribution in [0.25, 0.3) is 0 Å². The van der Waals surface area contributed by atoms with E-state index in [0.717, 1.165) is 30.5 Å². The second-order valence-corrected chi connectivity index (χ2v) is 4.57. The first-order valence-corrected chi connectivity index (χ1v) is 6.55. The molecule has 0 radical (unpaired) electrons. The van der Waals surface area contributed by atoms with Crippen LogP contribution in [-0.4, -0.2) is 9.78 Å². The number of nitrogens with zero attached hydrogens (tertiary/aromatic N) is 3. The molecule has 0 aliphatic heterocycles. The number of nitriles is 1. The predicted octanol–water partition coefficient (Wildman–Crippen LogP) is 2.73. The number of rotatable bonds is 5. The van der Waals surface area contributed by atoms with Gasteiger partial charge in [0.1, 0.15) is 17.5 Å². The third-order valence-electron chi connectivity index (χ3n) is 3.12. The lowest BCUT2D eigenvalue weighted by Gasteiger charge is -2.03. The highest BCUT2D eigenvalue weighted by molar-refractivity contribution is 5.52. The normalized spacial score (nSPS) is 10.3. The van der Waals surface area contributed by atoms with Crippen molar-refractivity contribution >= 4 is 5.82 Å². The third-order valence-corrected chi connectivity index (χ3v) is 3.12. The van der Waals surface area contributed by atoms with Crippen molar-refractivity contribution in [3.8, 4) is 6.07 Å². The molecule has 98 valence electrons. The molecule has 1 aromatic heterocycles. The first-order chi connectivity index (χ1) is 9.26. The number of aromatic nitrogens is 2. The molecule has 19 heavy (non-hydrogen) atoms. The van der Waals surface area contributed by atoms with Gasteiger partial charge in [0.25, 0.3) is 0 Å². The molecule has 0 aliphatic carbocycles. The lowest BCUT2D eigenvalue weighted by atomic mass is 10.1.